The first-order valence-electron chi connectivity index (χ1n) is 7.14. The minimum Gasteiger partial charge on any atom is -0.357 e. The lowest BCUT2D eigenvalue weighted by atomic mass is 10.3. The van der Waals surface area contributed by atoms with Crippen LogP contribution in [0.5, 0.6) is 0 Å². The van der Waals surface area contributed by atoms with E-state index in [1.165, 1.54) is 5.69 Å². The molecule has 0 spiro atoms. The zero-order valence-electron chi connectivity index (χ0n) is 12.6. The first kappa shape index (κ1) is 15.2. The Balaban J connectivity index is 2.28. The number of nitrogens with zero attached hydrogens (tertiary/aromatic N) is 3. The number of anilines is 1. The van der Waals surface area contributed by atoms with Crippen LogP contribution in [0.15, 0.2) is 24.4 Å². The van der Waals surface area contributed by atoms with Gasteiger partial charge in [-0.05, 0) is 31.4 Å². The maximum absolute atomic E-state index is 4.78. The minimum atomic E-state index is 0.859. The van der Waals surface area contributed by atoms with Crippen LogP contribution < -0.4 is 10.2 Å². The molecule has 0 bridgehead atoms. The zero-order valence-corrected chi connectivity index (χ0v) is 13.4. The van der Waals surface area contributed by atoms with Crippen molar-refractivity contribution >= 4 is 23.2 Å². The maximum atomic E-state index is 4.78. The summed E-state index contributed by atoms with van der Waals surface area (Å²) in [7, 11) is 2.13. The first-order chi connectivity index (χ1) is 9.77. The molecule has 0 unspecified atom stereocenters. The lowest BCUT2D eigenvalue weighted by Crippen LogP contribution is -2.24. The maximum Gasteiger partial charge on any atom is 0.152 e. The predicted octanol–water partition coefficient (Wildman–Crippen LogP) is 2.63. The van der Waals surface area contributed by atoms with E-state index in [4.69, 9.17) is 4.98 Å². The third kappa shape index (κ3) is 3.46. The SMILES string of the molecule is CCCNCc1c(N(C)CCSC)nc2ccccn12. The van der Waals surface area contributed by atoms with Gasteiger partial charge in [-0.3, -0.25) is 0 Å². The zero-order chi connectivity index (χ0) is 14.4. The molecule has 0 atom stereocenters. The van der Waals surface area contributed by atoms with Crippen molar-refractivity contribution in [3.63, 3.8) is 0 Å². The average Bonchev–Trinajstić information content (AvgIpc) is 2.84. The number of hydrogen-bond donors (Lipinski definition) is 1. The summed E-state index contributed by atoms with van der Waals surface area (Å²) in [5.74, 6) is 2.21. The van der Waals surface area contributed by atoms with Gasteiger partial charge in [-0.2, -0.15) is 11.8 Å². The Hall–Kier alpha value is -1.20. The standard InChI is InChI=1S/C15H24N4S/c1-4-8-16-12-13-15(18(2)10-11-20-3)17-14-7-5-6-9-19(13)14/h5-7,9,16H,4,8,10-12H2,1-3H3. The summed E-state index contributed by atoms with van der Waals surface area (Å²) in [6.07, 6.45) is 5.38. The number of pyridine rings is 1. The summed E-state index contributed by atoms with van der Waals surface area (Å²) in [4.78, 5) is 7.04. The number of hydrogen-bond acceptors (Lipinski definition) is 4. The summed E-state index contributed by atoms with van der Waals surface area (Å²) < 4.78 is 2.19. The lowest BCUT2D eigenvalue weighted by Gasteiger charge is -2.18. The van der Waals surface area contributed by atoms with Crippen LogP contribution in [0.4, 0.5) is 5.82 Å². The van der Waals surface area contributed by atoms with Crippen LogP contribution in [0.25, 0.3) is 5.65 Å². The first-order valence-corrected chi connectivity index (χ1v) is 8.54. The van der Waals surface area contributed by atoms with Crippen molar-refractivity contribution in [1.82, 2.24) is 14.7 Å². The van der Waals surface area contributed by atoms with Gasteiger partial charge in [0.25, 0.3) is 0 Å². The van der Waals surface area contributed by atoms with Gasteiger partial charge in [-0.1, -0.05) is 13.0 Å². The molecule has 0 aliphatic rings. The van der Waals surface area contributed by atoms with E-state index < -0.39 is 0 Å². The fourth-order valence-corrected chi connectivity index (χ4v) is 2.68. The van der Waals surface area contributed by atoms with Gasteiger partial charge in [0, 0.05) is 32.1 Å². The van der Waals surface area contributed by atoms with Crippen molar-refractivity contribution in [2.24, 2.45) is 0 Å². The summed E-state index contributed by atoms with van der Waals surface area (Å²) in [6, 6.07) is 6.16. The van der Waals surface area contributed by atoms with Crippen LogP contribution in [-0.2, 0) is 6.54 Å². The Morgan fingerprint density at radius 2 is 2.25 bits per heavy atom. The van der Waals surface area contributed by atoms with Crippen LogP contribution in [0, 0.1) is 0 Å². The molecule has 110 valence electrons. The fourth-order valence-electron chi connectivity index (χ4n) is 2.22. The second-order valence-corrected chi connectivity index (χ2v) is 5.89. The smallest absolute Gasteiger partial charge is 0.152 e. The summed E-state index contributed by atoms with van der Waals surface area (Å²) in [5.41, 5.74) is 2.27. The largest absolute Gasteiger partial charge is 0.357 e. The highest BCUT2D eigenvalue weighted by molar-refractivity contribution is 7.98. The summed E-state index contributed by atoms with van der Waals surface area (Å²) >= 11 is 1.87. The Morgan fingerprint density at radius 3 is 3.00 bits per heavy atom. The van der Waals surface area contributed by atoms with Crippen LogP contribution in [0.2, 0.25) is 0 Å². The molecule has 0 radical (unpaired) electrons. The Morgan fingerprint density at radius 1 is 1.40 bits per heavy atom. The van der Waals surface area contributed by atoms with Crippen molar-refractivity contribution in [3.8, 4) is 0 Å². The van der Waals surface area contributed by atoms with E-state index in [0.717, 1.165) is 43.3 Å². The van der Waals surface area contributed by atoms with Gasteiger partial charge in [0.05, 0.1) is 5.69 Å². The molecule has 4 nitrogen and oxygen atoms in total. The van der Waals surface area contributed by atoms with Crippen molar-refractivity contribution < 1.29 is 0 Å². The van der Waals surface area contributed by atoms with E-state index in [2.05, 4.69) is 53.2 Å². The average molecular weight is 292 g/mol. The van der Waals surface area contributed by atoms with Crippen molar-refractivity contribution in [2.75, 3.05) is 37.0 Å². The molecule has 0 aromatic carbocycles. The topological polar surface area (TPSA) is 32.6 Å². The number of thioether (sulfide) groups is 1. The van der Waals surface area contributed by atoms with Crippen LogP contribution in [-0.4, -0.2) is 41.5 Å². The second kappa shape index (κ2) is 7.55. The van der Waals surface area contributed by atoms with E-state index in [1.54, 1.807) is 0 Å². The molecule has 0 fully saturated rings. The third-order valence-corrected chi connectivity index (χ3v) is 3.91. The second-order valence-electron chi connectivity index (χ2n) is 4.90. The molecular formula is C15H24N4S. The molecule has 0 aliphatic carbocycles. The fraction of sp³-hybridized carbons (Fsp3) is 0.533. The monoisotopic (exact) mass is 292 g/mol. The van der Waals surface area contributed by atoms with Crippen molar-refractivity contribution in [1.29, 1.82) is 0 Å². The molecule has 20 heavy (non-hydrogen) atoms. The highest BCUT2D eigenvalue weighted by Crippen LogP contribution is 2.21. The molecule has 0 aliphatic heterocycles. The van der Waals surface area contributed by atoms with Gasteiger partial charge in [-0.15, -0.1) is 0 Å². The van der Waals surface area contributed by atoms with Gasteiger partial charge in [-0.25, -0.2) is 4.98 Å². The predicted molar refractivity (Wildman–Crippen MR) is 88.8 cm³/mol. The minimum absolute atomic E-state index is 0.859. The molecule has 2 rings (SSSR count). The number of nitrogens with one attached hydrogen (secondary N) is 1. The van der Waals surface area contributed by atoms with Crippen LogP contribution >= 0.6 is 11.8 Å². The molecular weight excluding hydrogens is 268 g/mol. The van der Waals surface area contributed by atoms with E-state index in [1.807, 2.05) is 17.8 Å². The van der Waals surface area contributed by atoms with Crippen LogP contribution in [0.3, 0.4) is 0 Å². The molecule has 1 N–H and O–H groups in total. The van der Waals surface area contributed by atoms with E-state index in [0.29, 0.717) is 0 Å². The molecule has 0 saturated heterocycles. The normalized spacial score (nSPS) is 11.2. The number of aromatic nitrogens is 2. The van der Waals surface area contributed by atoms with Crippen molar-refractivity contribution in [3.05, 3.63) is 30.1 Å². The molecule has 2 heterocycles. The van der Waals surface area contributed by atoms with Gasteiger partial charge in [0.15, 0.2) is 5.82 Å². The Labute approximate surface area is 125 Å². The summed E-state index contributed by atoms with van der Waals surface area (Å²) in [6.45, 7) is 5.10. The highest BCUT2D eigenvalue weighted by atomic mass is 32.2. The van der Waals surface area contributed by atoms with Gasteiger partial charge in [0.2, 0.25) is 0 Å². The Bertz CT molecular complexity index is 538. The van der Waals surface area contributed by atoms with Crippen molar-refractivity contribution in [2.45, 2.75) is 19.9 Å². The van der Waals surface area contributed by atoms with Gasteiger partial charge in [0.1, 0.15) is 5.65 Å². The molecule has 2 aromatic heterocycles. The quantitative estimate of drug-likeness (QED) is 0.758. The lowest BCUT2D eigenvalue weighted by molar-refractivity contribution is 0.659. The molecule has 2 aromatic rings. The summed E-state index contributed by atoms with van der Waals surface area (Å²) in [5, 5.41) is 3.49. The highest BCUT2D eigenvalue weighted by Gasteiger charge is 2.14. The molecule has 0 saturated carbocycles. The van der Waals surface area contributed by atoms with E-state index in [9.17, 15) is 0 Å². The van der Waals surface area contributed by atoms with Gasteiger partial charge < -0.3 is 14.6 Å². The third-order valence-electron chi connectivity index (χ3n) is 3.32. The van der Waals surface area contributed by atoms with E-state index >= 15 is 0 Å². The van der Waals surface area contributed by atoms with Crippen LogP contribution in [0.1, 0.15) is 19.0 Å². The number of fused-ring (bicyclic) bond motifs is 1. The molecule has 5 heteroatoms. The number of imidazole rings is 1. The Kier molecular flexibility index (Phi) is 5.73. The van der Waals surface area contributed by atoms with E-state index in [-0.39, 0.29) is 0 Å². The number of rotatable bonds is 8. The van der Waals surface area contributed by atoms with Gasteiger partial charge >= 0.3 is 0 Å². The molecule has 0 amide bonds.